The van der Waals surface area contributed by atoms with Crippen molar-refractivity contribution in [2.45, 2.75) is 24.9 Å². The zero-order valence-electron chi connectivity index (χ0n) is 22.3. The zero-order chi connectivity index (χ0) is 30.1. The Hall–Kier alpha value is -4.44. The molecule has 3 aromatic heterocycles. The van der Waals surface area contributed by atoms with Crippen LogP contribution in [0.15, 0.2) is 59.6 Å². The molecule has 0 aliphatic carbocycles. The molecular weight excluding hydrogens is 614 g/mol. The summed E-state index contributed by atoms with van der Waals surface area (Å²) >= 11 is 14.3. The third-order valence-corrected chi connectivity index (χ3v) is 8.63. The van der Waals surface area contributed by atoms with Crippen LogP contribution < -0.4 is 10.6 Å². The van der Waals surface area contributed by atoms with Gasteiger partial charge < -0.3 is 20.6 Å². The van der Waals surface area contributed by atoms with Crippen molar-refractivity contribution in [2.24, 2.45) is 0 Å². The lowest BCUT2D eigenvalue weighted by Crippen LogP contribution is -2.38. The van der Waals surface area contributed by atoms with E-state index in [1.165, 1.54) is 29.3 Å². The molecule has 1 aliphatic rings. The molecule has 0 bridgehead atoms. The molecule has 0 saturated carbocycles. The van der Waals surface area contributed by atoms with Crippen LogP contribution in [0.25, 0.3) is 10.9 Å². The number of nitriles is 1. The molecule has 3 N–H and O–H groups in total. The lowest BCUT2D eigenvalue weighted by molar-refractivity contribution is 0.123. The maximum absolute atomic E-state index is 13.8. The molecule has 43 heavy (non-hydrogen) atoms. The second-order valence-electron chi connectivity index (χ2n) is 10.0. The Morgan fingerprint density at radius 2 is 1.95 bits per heavy atom. The highest BCUT2D eigenvalue weighted by Gasteiger charge is 2.26. The Morgan fingerprint density at radius 1 is 1.16 bits per heavy atom. The third-order valence-electron chi connectivity index (χ3n) is 7.35. The van der Waals surface area contributed by atoms with E-state index in [0.717, 1.165) is 5.56 Å². The van der Waals surface area contributed by atoms with E-state index in [4.69, 9.17) is 23.2 Å². The van der Waals surface area contributed by atoms with Crippen molar-refractivity contribution in [3.05, 3.63) is 92.2 Å². The average Bonchev–Trinajstić information content (AvgIpc) is 3.72. The summed E-state index contributed by atoms with van der Waals surface area (Å²) in [5, 5.41) is 39.6. The molecule has 0 unspecified atom stereocenters. The molecule has 1 atom stereocenters. The van der Waals surface area contributed by atoms with Gasteiger partial charge in [-0.05, 0) is 65.6 Å². The average molecular weight is 638 g/mol. The largest absolute Gasteiger partial charge is 0.465 e. The van der Waals surface area contributed by atoms with Crippen LogP contribution in [0.1, 0.15) is 41.7 Å². The SMILES string of the molecule is N#Cc1cnc2c(Cl)cc(N[C@@H](c3ccsc3)c3cn(C4CCN(C(=O)O)CC4)nn3)cc2c1Nc1ccc(F)c(Cl)c1. The lowest BCUT2D eigenvalue weighted by atomic mass is 10.0. The van der Waals surface area contributed by atoms with Gasteiger partial charge in [0.1, 0.15) is 17.6 Å². The smallest absolute Gasteiger partial charge is 0.407 e. The van der Waals surface area contributed by atoms with Gasteiger partial charge in [-0.2, -0.15) is 16.6 Å². The van der Waals surface area contributed by atoms with Crippen molar-refractivity contribution in [3.8, 4) is 6.07 Å². The fourth-order valence-electron chi connectivity index (χ4n) is 5.14. The van der Waals surface area contributed by atoms with Crippen LogP contribution in [0.4, 0.5) is 26.2 Å². The van der Waals surface area contributed by atoms with Crippen LogP contribution in [-0.2, 0) is 0 Å². The molecule has 6 rings (SSSR count). The van der Waals surface area contributed by atoms with Crippen molar-refractivity contribution in [1.29, 1.82) is 5.26 Å². The number of nitrogens with one attached hydrogen (secondary N) is 2. The maximum Gasteiger partial charge on any atom is 0.407 e. The van der Waals surface area contributed by atoms with E-state index in [-0.39, 0.29) is 22.7 Å². The number of carbonyl (C=O) groups is 1. The monoisotopic (exact) mass is 636 g/mol. The topological polar surface area (TPSA) is 132 Å². The number of aromatic nitrogens is 4. The van der Waals surface area contributed by atoms with Gasteiger partial charge in [0.25, 0.3) is 0 Å². The van der Waals surface area contributed by atoms with Crippen LogP contribution in [0, 0.1) is 17.1 Å². The first kappa shape index (κ1) is 28.7. The number of fused-ring (bicyclic) bond motifs is 1. The maximum atomic E-state index is 13.8. The van der Waals surface area contributed by atoms with E-state index in [2.05, 4.69) is 32.0 Å². The van der Waals surface area contributed by atoms with Crippen molar-refractivity contribution in [2.75, 3.05) is 23.7 Å². The van der Waals surface area contributed by atoms with Crippen LogP contribution in [0.3, 0.4) is 0 Å². The fraction of sp³-hybridized carbons (Fsp3) is 0.207. The number of likely N-dealkylation sites (tertiary alicyclic amines) is 1. The molecule has 2 aromatic carbocycles. The minimum atomic E-state index is -0.912. The molecule has 1 saturated heterocycles. The summed E-state index contributed by atoms with van der Waals surface area (Å²) in [5.41, 5.74) is 3.99. The van der Waals surface area contributed by atoms with E-state index >= 15 is 0 Å². The number of halogens is 3. The molecule has 218 valence electrons. The first-order chi connectivity index (χ1) is 20.8. The Balaban J connectivity index is 1.34. The van der Waals surface area contributed by atoms with Gasteiger partial charge in [0.05, 0.1) is 45.1 Å². The van der Waals surface area contributed by atoms with Crippen molar-refractivity contribution < 1.29 is 14.3 Å². The predicted molar refractivity (Wildman–Crippen MR) is 164 cm³/mol. The molecule has 0 spiro atoms. The molecule has 1 aliphatic heterocycles. The summed E-state index contributed by atoms with van der Waals surface area (Å²) in [7, 11) is 0. The molecule has 4 heterocycles. The number of rotatable bonds is 7. The number of anilines is 3. The summed E-state index contributed by atoms with van der Waals surface area (Å²) in [6.07, 6.45) is 3.71. The minimum absolute atomic E-state index is 0.0409. The number of amides is 1. The number of nitrogens with zero attached hydrogens (tertiary/aromatic N) is 6. The number of thiophene rings is 1. The van der Waals surface area contributed by atoms with E-state index in [9.17, 15) is 19.6 Å². The molecule has 10 nitrogen and oxygen atoms in total. The lowest BCUT2D eigenvalue weighted by Gasteiger charge is -2.29. The number of hydrogen-bond donors (Lipinski definition) is 3. The van der Waals surface area contributed by atoms with Crippen LogP contribution in [0.5, 0.6) is 0 Å². The van der Waals surface area contributed by atoms with E-state index in [0.29, 0.717) is 64.6 Å². The van der Waals surface area contributed by atoms with Crippen molar-refractivity contribution in [1.82, 2.24) is 24.9 Å². The molecular formula is C29H23Cl2FN8O2S. The van der Waals surface area contributed by atoms with Gasteiger partial charge in [-0.15, -0.1) is 5.10 Å². The van der Waals surface area contributed by atoms with Gasteiger partial charge in [-0.3, -0.25) is 4.98 Å². The summed E-state index contributed by atoms with van der Waals surface area (Å²) in [6.45, 7) is 0.881. The quantitative estimate of drug-likeness (QED) is 0.168. The highest BCUT2D eigenvalue weighted by molar-refractivity contribution is 7.08. The van der Waals surface area contributed by atoms with Gasteiger partial charge in [-0.25, -0.2) is 13.9 Å². The van der Waals surface area contributed by atoms with Crippen molar-refractivity contribution >= 4 is 68.6 Å². The van der Waals surface area contributed by atoms with Crippen LogP contribution in [-0.4, -0.2) is 49.2 Å². The van der Waals surface area contributed by atoms with Crippen LogP contribution >= 0.6 is 34.5 Å². The second kappa shape index (κ2) is 12.0. The Bertz CT molecular complexity index is 1850. The standard InChI is InChI=1S/C29H23Cl2FN8O2S/c30-22-10-18(1-2-24(22)32)35-26-17(12-33)13-34-28-21(26)9-19(11-23(28)31)36-27(16-5-8-43-15-16)25-14-40(38-37-25)20-3-6-39(7-4-20)29(41)42/h1-2,5,8-11,13-15,20,27,36H,3-4,6-7H2,(H,34,35)(H,41,42)/t27-/m0/s1. The molecule has 5 aromatic rings. The van der Waals surface area contributed by atoms with Gasteiger partial charge in [0.15, 0.2) is 0 Å². The number of piperidine rings is 1. The third kappa shape index (κ3) is 5.92. The first-order valence-electron chi connectivity index (χ1n) is 13.2. The molecule has 1 fully saturated rings. The number of hydrogen-bond acceptors (Lipinski definition) is 8. The highest BCUT2D eigenvalue weighted by Crippen LogP contribution is 2.37. The van der Waals surface area contributed by atoms with Gasteiger partial charge >= 0.3 is 6.09 Å². The molecule has 1 amide bonds. The van der Waals surface area contributed by atoms with Crippen LogP contribution in [0.2, 0.25) is 10.0 Å². The van der Waals surface area contributed by atoms with Gasteiger partial charge in [0, 0.05) is 36.0 Å². The minimum Gasteiger partial charge on any atom is -0.465 e. The summed E-state index contributed by atoms with van der Waals surface area (Å²) < 4.78 is 15.6. The Morgan fingerprint density at radius 3 is 2.65 bits per heavy atom. The van der Waals surface area contributed by atoms with E-state index in [1.807, 2.05) is 33.8 Å². The van der Waals surface area contributed by atoms with E-state index in [1.54, 1.807) is 17.4 Å². The fourth-order valence-corrected chi connectivity index (χ4v) is 6.27. The number of pyridine rings is 1. The van der Waals surface area contributed by atoms with Gasteiger partial charge in [-0.1, -0.05) is 28.4 Å². The number of carboxylic acid groups (broad SMARTS) is 1. The zero-order valence-corrected chi connectivity index (χ0v) is 24.7. The summed E-state index contributed by atoms with van der Waals surface area (Å²) in [4.78, 5) is 17.1. The molecule has 0 radical (unpaired) electrons. The van der Waals surface area contributed by atoms with Gasteiger partial charge in [0.2, 0.25) is 0 Å². The number of benzene rings is 2. The summed E-state index contributed by atoms with van der Waals surface area (Å²) in [5.74, 6) is -0.552. The summed E-state index contributed by atoms with van der Waals surface area (Å²) in [6, 6.07) is 11.6. The van der Waals surface area contributed by atoms with E-state index < -0.39 is 11.9 Å². The normalized spacial score (nSPS) is 14.4. The van der Waals surface area contributed by atoms with Crippen molar-refractivity contribution in [3.63, 3.8) is 0 Å². The molecule has 14 heteroatoms. The highest BCUT2D eigenvalue weighted by atomic mass is 35.5. The Labute approximate surface area is 259 Å². The predicted octanol–water partition coefficient (Wildman–Crippen LogP) is 7.47. The Kier molecular flexibility index (Phi) is 8.03. The first-order valence-corrected chi connectivity index (χ1v) is 14.9. The second-order valence-corrected chi connectivity index (χ2v) is 11.6.